The largest absolute Gasteiger partial charge is 0.387 e. The average Bonchev–Trinajstić information content (AvgIpc) is 3.09. The monoisotopic (exact) mass is 286 g/mol. The van der Waals surface area contributed by atoms with Crippen molar-refractivity contribution in [3.05, 3.63) is 29.3 Å². The number of amides is 1. The SMILES string of the molecule is CNc1ccc(C)cc1C(=O)NC(C)C1CC2CCC1C2. The van der Waals surface area contributed by atoms with Crippen LogP contribution in [0.25, 0.3) is 0 Å². The summed E-state index contributed by atoms with van der Waals surface area (Å²) in [6.07, 6.45) is 5.46. The maximum Gasteiger partial charge on any atom is 0.253 e. The highest BCUT2D eigenvalue weighted by molar-refractivity contribution is 6.00. The maximum absolute atomic E-state index is 12.6. The fraction of sp³-hybridized carbons (Fsp3) is 0.611. The van der Waals surface area contributed by atoms with Crippen LogP contribution in [-0.4, -0.2) is 19.0 Å². The summed E-state index contributed by atoms with van der Waals surface area (Å²) < 4.78 is 0. The number of carbonyl (C=O) groups is 1. The van der Waals surface area contributed by atoms with Crippen LogP contribution in [0.2, 0.25) is 0 Å². The highest BCUT2D eigenvalue weighted by Crippen LogP contribution is 2.49. The maximum atomic E-state index is 12.6. The van der Waals surface area contributed by atoms with E-state index < -0.39 is 0 Å². The Bertz CT molecular complexity index is 540. The molecular formula is C18H26N2O. The van der Waals surface area contributed by atoms with E-state index in [1.807, 2.05) is 32.2 Å². The molecule has 2 fully saturated rings. The molecule has 1 aromatic carbocycles. The molecule has 2 aliphatic carbocycles. The van der Waals surface area contributed by atoms with E-state index in [1.54, 1.807) is 0 Å². The van der Waals surface area contributed by atoms with Crippen molar-refractivity contribution in [2.24, 2.45) is 17.8 Å². The van der Waals surface area contributed by atoms with Gasteiger partial charge in [0.2, 0.25) is 0 Å². The predicted molar refractivity (Wildman–Crippen MR) is 86.6 cm³/mol. The summed E-state index contributed by atoms with van der Waals surface area (Å²) in [6.45, 7) is 4.20. The first-order valence-electron chi connectivity index (χ1n) is 8.17. The van der Waals surface area contributed by atoms with Gasteiger partial charge >= 0.3 is 0 Å². The highest BCUT2D eigenvalue weighted by atomic mass is 16.1. The summed E-state index contributed by atoms with van der Waals surface area (Å²) in [7, 11) is 1.86. The van der Waals surface area contributed by atoms with Gasteiger partial charge in [0.05, 0.1) is 5.56 Å². The van der Waals surface area contributed by atoms with Crippen LogP contribution >= 0.6 is 0 Å². The fourth-order valence-electron chi connectivity index (χ4n) is 4.36. The molecule has 2 aliphatic rings. The summed E-state index contributed by atoms with van der Waals surface area (Å²) in [5, 5.41) is 6.36. The van der Waals surface area contributed by atoms with E-state index in [2.05, 4.69) is 17.6 Å². The zero-order valence-corrected chi connectivity index (χ0v) is 13.3. The summed E-state index contributed by atoms with van der Waals surface area (Å²) >= 11 is 0. The van der Waals surface area contributed by atoms with Gasteiger partial charge in [-0.2, -0.15) is 0 Å². The van der Waals surface area contributed by atoms with E-state index in [0.29, 0.717) is 5.92 Å². The first kappa shape index (κ1) is 14.4. The van der Waals surface area contributed by atoms with Crippen LogP contribution in [-0.2, 0) is 0 Å². The molecule has 4 unspecified atom stereocenters. The second kappa shape index (κ2) is 5.70. The van der Waals surface area contributed by atoms with Gasteiger partial charge in [-0.1, -0.05) is 18.1 Å². The van der Waals surface area contributed by atoms with Gasteiger partial charge in [-0.3, -0.25) is 4.79 Å². The van der Waals surface area contributed by atoms with Gasteiger partial charge < -0.3 is 10.6 Å². The van der Waals surface area contributed by atoms with Gasteiger partial charge in [-0.05, 0) is 63.0 Å². The fourth-order valence-corrected chi connectivity index (χ4v) is 4.36. The molecule has 21 heavy (non-hydrogen) atoms. The first-order chi connectivity index (χ1) is 10.1. The summed E-state index contributed by atoms with van der Waals surface area (Å²) in [5.41, 5.74) is 2.78. The van der Waals surface area contributed by atoms with Gasteiger partial charge in [-0.15, -0.1) is 0 Å². The van der Waals surface area contributed by atoms with Gasteiger partial charge in [0.15, 0.2) is 0 Å². The van der Waals surface area contributed by atoms with Crippen molar-refractivity contribution in [2.45, 2.75) is 45.6 Å². The quantitative estimate of drug-likeness (QED) is 0.888. The van der Waals surface area contributed by atoms with E-state index >= 15 is 0 Å². The van der Waals surface area contributed by atoms with Gasteiger partial charge in [-0.25, -0.2) is 0 Å². The number of hydrogen-bond acceptors (Lipinski definition) is 2. The second-order valence-corrected chi connectivity index (χ2v) is 6.90. The van der Waals surface area contributed by atoms with Gasteiger partial charge in [0.1, 0.15) is 0 Å². The van der Waals surface area contributed by atoms with Crippen LogP contribution < -0.4 is 10.6 Å². The number of benzene rings is 1. The zero-order chi connectivity index (χ0) is 15.0. The van der Waals surface area contributed by atoms with Crippen LogP contribution in [0.1, 0.15) is 48.5 Å². The first-order valence-corrected chi connectivity index (χ1v) is 8.17. The van der Waals surface area contributed by atoms with Crippen LogP contribution in [0.15, 0.2) is 18.2 Å². The molecule has 0 aromatic heterocycles. The lowest BCUT2D eigenvalue weighted by molar-refractivity contribution is 0.0916. The van der Waals surface area contributed by atoms with Crippen LogP contribution in [0, 0.1) is 24.7 Å². The van der Waals surface area contributed by atoms with Crippen molar-refractivity contribution < 1.29 is 4.79 Å². The number of rotatable bonds is 4. The van der Waals surface area contributed by atoms with Crippen molar-refractivity contribution in [2.75, 3.05) is 12.4 Å². The Kier molecular flexibility index (Phi) is 3.92. The minimum Gasteiger partial charge on any atom is -0.387 e. The molecule has 0 aliphatic heterocycles. The Hall–Kier alpha value is -1.51. The Morgan fingerprint density at radius 2 is 2.10 bits per heavy atom. The number of nitrogens with one attached hydrogen (secondary N) is 2. The Labute approximate surface area is 127 Å². The molecule has 0 heterocycles. The van der Waals surface area contributed by atoms with Crippen LogP contribution in [0.4, 0.5) is 5.69 Å². The molecule has 4 atom stereocenters. The Morgan fingerprint density at radius 1 is 1.29 bits per heavy atom. The van der Waals surface area contributed by atoms with Crippen molar-refractivity contribution in [3.8, 4) is 0 Å². The second-order valence-electron chi connectivity index (χ2n) is 6.90. The number of hydrogen-bond donors (Lipinski definition) is 2. The molecule has 114 valence electrons. The topological polar surface area (TPSA) is 41.1 Å². The van der Waals surface area contributed by atoms with E-state index in [-0.39, 0.29) is 11.9 Å². The molecule has 1 aromatic rings. The van der Waals surface area contributed by atoms with Crippen molar-refractivity contribution in [1.82, 2.24) is 5.32 Å². The minimum absolute atomic E-state index is 0.0540. The van der Waals surface area contributed by atoms with Crippen molar-refractivity contribution in [1.29, 1.82) is 0 Å². The van der Waals surface area contributed by atoms with Crippen molar-refractivity contribution in [3.63, 3.8) is 0 Å². The van der Waals surface area contributed by atoms with Crippen molar-refractivity contribution >= 4 is 11.6 Å². The Morgan fingerprint density at radius 3 is 2.71 bits per heavy atom. The molecule has 1 amide bonds. The zero-order valence-electron chi connectivity index (χ0n) is 13.3. The predicted octanol–water partition coefficient (Wildman–Crippen LogP) is 3.59. The minimum atomic E-state index is 0.0540. The van der Waals surface area contributed by atoms with E-state index in [9.17, 15) is 4.79 Å². The third-order valence-corrected chi connectivity index (χ3v) is 5.48. The molecule has 0 saturated heterocycles. The smallest absolute Gasteiger partial charge is 0.253 e. The number of carbonyl (C=O) groups excluding carboxylic acids is 1. The standard InChI is InChI=1S/C18H26N2O/c1-11-4-7-17(19-3)16(8-11)18(21)20-12(2)15-10-13-5-6-14(15)9-13/h4,7-8,12-15,19H,5-6,9-10H2,1-3H3,(H,20,21). The Balaban J connectivity index is 1.70. The lowest BCUT2D eigenvalue weighted by atomic mass is 9.84. The molecule has 0 radical (unpaired) electrons. The van der Waals surface area contributed by atoms with Gasteiger partial charge in [0, 0.05) is 18.8 Å². The van der Waals surface area contributed by atoms with Crippen LogP contribution in [0.5, 0.6) is 0 Å². The molecule has 2 N–H and O–H groups in total. The highest BCUT2D eigenvalue weighted by Gasteiger charge is 2.42. The summed E-state index contributed by atoms with van der Waals surface area (Å²) in [5.74, 6) is 2.49. The van der Waals surface area contributed by atoms with Crippen LogP contribution in [0.3, 0.4) is 0 Å². The number of aryl methyl sites for hydroxylation is 1. The molecule has 2 bridgehead atoms. The molecule has 2 saturated carbocycles. The third kappa shape index (κ3) is 2.78. The van der Waals surface area contributed by atoms with E-state index in [1.165, 1.54) is 25.7 Å². The van der Waals surface area contributed by atoms with E-state index in [4.69, 9.17) is 0 Å². The summed E-state index contributed by atoms with van der Waals surface area (Å²) in [4.78, 5) is 12.6. The normalized spacial score (nSPS) is 28.4. The molecular weight excluding hydrogens is 260 g/mol. The average molecular weight is 286 g/mol. The molecule has 0 spiro atoms. The van der Waals surface area contributed by atoms with E-state index in [0.717, 1.165) is 28.7 Å². The number of anilines is 1. The molecule has 3 heteroatoms. The van der Waals surface area contributed by atoms with Gasteiger partial charge in [0.25, 0.3) is 5.91 Å². The molecule has 3 rings (SSSR count). The third-order valence-electron chi connectivity index (χ3n) is 5.48. The summed E-state index contributed by atoms with van der Waals surface area (Å²) in [6, 6.07) is 6.25. The lowest BCUT2D eigenvalue weighted by Gasteiger charge is -2.28. The number of fused-ring (bicyclic) bond motifs is 2. The molecule has 3 nitrogen and oxygen atoms in total. The lowest BCUT2D eigenvalue weighted by Crippen LogP contribution is -2.40.